The lowest BCUT2D eigenvalue weighted by Crippen LogP contribution is -2.24. The van der Waals surface area contributed by atoms with E-state index in [1.165, 1.54) is 16.7 Å². The van der Waals surface area contributed by atoms with E-state index in [1.807, 2.05) is 78.9 Å². The van der Waals surface area contributed by atoms with Crippen molar-refractivity contribution in [2.24, 2.45) is 0 Å². The first-order valence-electron chi connectivity index (χ1n) is 18.2. The molecule has 0 fully saturated rings. The molecule has 7 heteroatoms. The number of hydrogen-bond acceptors (Lipinski definition) is 5. The average molecular weight is 716 g/mol. The van der Waals surface area contributed by atoms with Crippen LogP contribution in [0.15, 0.2) is 152 Å². The predicted octanol–water partition coefficient (Wildman–Crippen LogP) is 11.1. The molecule has 0 atom stereocenters. The third kappa shape index (κ3) is 6.89. The molecule has 0 bridgehead atoms. The van der Waals surface area contributed by atoms with E-state index < -0.39 is 0 Å². The van der Waals surface area contributed by atoms with E-state index in [-0.39, 0.29) is 0 Å². The van der Waals surface area contributed by atoms with Gasteiger partial charge in [-0.2, -0.15) is 0 Å². The van der Waals surface area contributed by atoms with Crippen LogP contribution in [0.3, 0.4) is 0 Å². The van der Waals surface area contributed by atoms with Crippen LogP contribution in [0.2, 0.25) is 6.82 Å². The molecule has 5 nitrogen and oxygen atoms in total. The lowest BCUT2D eigenvalue weighted by Gasteiger charge is -2.13. The summed E-state index contributed by atoms with van der Waals surface area (Å²) in [5.41, 5.74) is 12.8. The first-order chi connectivity index (χ1) is 26.5. The normalized spacial score (nSPS) is 11.5. The van der Waals surface area contributed by atoms with Crippen molar-refractivity contribution in [2.75, 3.05) is 0 Å². The quantitative estimate of drug-likeness (QED) is 0.104. The van der Waals surface area contributed by atoms with Crippen molar-refractivity contribution in [1.29, 1.82) is 0 Å². The van der Waals surface area contributed by atoms with E-state index in [4.69, 9.17) is 19.9 Å². The topological polar surface area (TPSA) is 56.5 Å². The molecule has 260 valence electrons. The number of thiazole rings is 1. The molecular formula is C47H38BN5S. The van der Waals surface area contributed by atoms with E-state index in [0.29, 0.717) is 17.5 Å². The van der Waals surface area contributed by atoms with E-state index in [0.717, 1.165) is 67.3 Å². The molecule has 0 aliphatic heterocycles. The van der Waals surface area contributed by atoms with E-state index in [1.54, 1.807) is 11.3 Å². The average Bonchev–Trinajstić information content (AvgIpc) is 3.78. The zero-order valence-corrected chi connectivity index (χ0v) is 31.4. The van der Waals surface area contributed by atoms with Crippen LogP contribution in [-0.4, -0.2) is 31.8 Å². The maximum atomic E-state index is 5.18. The highest BCUT2D eigenvalue weighted by atomic mass is 32.1. The Morgan fingerprint density at radius 2 is 1.28 bits per heavy atom. The monoisotopic (exact) mass is 715 g/mol. The fourth-order valence-electron chi connectivity index (χ4n) is 6.85. The van der Waals surface area contributed by atoms with E-state index in [2.05, 4.69) is 111 Å². The second-order valence-corrected chi connectivity index (χ2v) is 14.1. The summed E-state index contributed by atoms with van der Waals surface area (Å²) in [4.78, 5) is 19.9. The van der Waals surface area contributed by atoms with Gasteiger partial charge in [-0.3, -0.25) is 0 Å². The van der Waals surface area contributed by atoms with Crippen LogP contribution in [0.4, 0.5) is 0 Å². The molecule has 0 aliphatic carbocycles. The molecule has 0 amide bonds. The van der Waals surface area contributed by atoms with E-state index >= 15 is 0 Å². The van der Waals surface area contributed by atoms with Gasteiger partial charge in [0.25, 0.3) is 0 Å². The van der Waals surface area contributed by atoms with Crippen LogP contribution >= 0.6 is 11.3 Å². The van der Waals surface area contributed by atoms with E-state index in [9.17, 15) is 0 Å². The van der Waals surface area contributed by atoms with Crippen molar-refractivity contribution in [3.63, 3.8) is 0 Å². The highest BCUT2D eigenvalue weighted by molar-refractivity contribution is 7.21. The van der Waals surface area contributed by atoms with Crippen molar-refractivity contribution in [3.05, 3.63) is 175 Å². The van der Waals surface area contributed by atoms with Crippen LogP contribution in [-0.2, 0) is 0 Å². The number of allylic oxidation sites excluding steroid dienone is 3. The number of rotatable bonds is 10. The number of nitrogens with zero attached hydrogens (tertiary/aromatic N) is 5. The minimum atomic E-state index is 0.615. The van der Waals surface area contributed by atoms with Gasteiger partial charge in [0.2, 0.25) is 0 Å². The Balaban J connectivity index is 1.18. The van der Waals surface area contributed by atoms with Gasteiger partial charge in [-0.05, 0) is 78.1 Å². The Labute approximate surface area is 321 Å². The van der Waals surface area contributed by atoms with Crippen molar-refractivity contribution in [1.82, 2.24) is 24.5 Å². The summed E-state index contributed by atoms with van der Waals surface area (Å²) in [6.45, 7) is 10.9. The Morgan fingerprint density at radius 3 is 1.91 bits per heavy atom. The fraction of sp³-hybridized carbons (Fsp3) is 0.0638. The van der Waals surface area contributed by atoms with Gasteiger partial charge < -0.3 is 4.57 Å². The maximum absolute atomic E-state index is 5.18. The Morgan fingerprint density at radius 1 is 0.667 bits per heavy atom. The van der Waals surface area contributed by atoms with Crippen molar-refractivity contribution < 1.29 is 0 Å². The summed E-state index contributed by atoms with van der Waals surface area (Å²) in [7, 11) is 0.886. The van der Waals surface area contributed by atoms with Gasteiger partial charge in [-0.1, -0.05) is 135 Å². The molecule has 0 aliphatic rings. The van der Waals surface area contributed by atoms with Gasteiger partial charge in [-0.25, -0.2) is 19.9 Å². The minimum absolute atomic E-state index is 0.615. The lowest BCUT2D eigenvalue weighted by atomic mass is 9.75. The van der Waals surface area contributed by atoms with Crippen LogP contribution < -0.4 is 5.59 Å². The van der Waals surface area contributed by atoms with Gasteiger partial charge in [0.05, 0.1) is 10.2 Å². The first-order valence-corrected chi connectivity index (χ1v) is 19.0. The molecular weight excluding hydrogens is 677 g/mol. The van der Waals surface area contributed by atoms with Crippen LogP contribution in [0, 0.1) is 6.92 Å². The smallest absolute Gasteiger partial charge is 0.177 e. The Kier molecular flexibility index (Phi) is 9.80. The van der Waals surface area contributed by atoms with Crippen LogP contribution in [0.25, 0.3) is 78.4 Å². The Bertz CT molecular complexity index is 2620. The molecule has 54 heavy (non-hydrogen) atoms. The number of fused-ring (bicyclic) bond motifs is 1. The zero-order valence-electron chi connectivity index (χ0n) is 30.6. The zero-order chi connectivity index (χ0) is 37.0. The van der Waals surface area contributed by atoms with Crippen molar-refractivity contribution in [3.8, 4) is 50.4 Å². The maximum Gasteiger partial charge on any atom is 0.177 e. The largest absolute Gasteiger partial charge is 0.323 e. The van der Waals surface area contributed by atoms with Gasteiger partial charge in [0.15, 0.2) is 24.8 Å². The number of hydrogen-bond donors (Lipinski definition) is 0. The third-order valence-electron chi connectivity index (χ3n) is 9.56. The molecule has 0 radical (unpaired) electrons. The summed E-state index contributed by atoms with van der Waals surface area (Å²) in [6.07, 6.45) is 8.67. The lowest BCUT2D eigenvalue weighted by molar-refractivity contribution is 1.07. The predicted molar refractivity (Wildman–Crippen MR) is 231 cm³/mol. The molecule has 0 saturated heterocycles. The molecule has 5 aromatic carbocycles. The molecule has 3 heterocycles. The second kappa shape index (κ2) is 15.3. The van der Waals surface area contributed by atoms with Gasteiger partial charge in [0.1, 0.15) is 5.01 Å². The summed E-state index contributed by atoms with van der Waals surface area (Å²) < 4.78 is 3.49. The number of aromatic nitrogens is 5. The highest BCUT2D eigenvalue weighted by Gasteiger charge is 2.19. The Hall–Kier alpha value is -6.44. The highest BCUT2D eigenvalue weighted by Crippen LogP contribution is 2.35. The third-order valence-corrected chi connectivity index (χ3v) is 10.6. The number of benzene rings is 5. The summed E-state index contributed by atoms with van der Waals surface area (Å²) in [6, 6.07) is 45.4. The first kappa shape index (κ1) is 34.6. The fourth-order valence-corrected chi connectivity index (χ4v) is 7.79. The molecule has 0 unspecified atom stereocenters. The van der Waals surface area contributed by atoms with Gasteiger partial charge in [0, 0.05) is 33.6 Å². The molecule has 8 aromatic rings. The van der Waals surface area contributed by atoms with Gasteiger partial charge >= 0.3 is 0 Å². The van der Waals surface area contributed by atoms with Crippen LogP contribution in [0.5, 0.6) is 0 Å². The summed E-state index contributed by atoms with van der Waals surface area (Å²) in [5.74, 6) is 1.89. The SMILES string of the molecule is C=C(/C=C\c1c(C)c(/C=C\C)c(BC)n1-c1cccc(-c2nc3cc(-c4nc(-c5ccccc5)nc(-c5ccccc5)n4)ccc3s2)c1)c1ccccc1. The van der Waals surface area contributed by atoms with Gasteiger partial charge in [-0.15, -0.1) is 11.3 Å². The molecule has 0 saturated carbocycles. The van der Waals surface area contributed by atoms with Crippen LogP contribution in [0.1, 0.15) is 29.3 Å². The molecule has 3 aromatic heterocycles. The second-order valence-electron chi connectivity index (χ2n) is 13.1. The molecule has 8 rings (SSSR count). The summed E-state index contributed by atoms with van der Waals surface area (Å²) in [5, 5.41) is 0.958. The van der Waals surface area contributed by atoms with Crippen molar-refractivity contribution >= 4 is 52.2 Å². The molecule has 0 N–H and O–H groups in total. The summed E-state index contributed by atoms with van der Waals surface area (Å²) >= 11 is 1.69. The molecule has 0 spiro atoms. The van der Waals surface area contributed by atoms with Crippen molar-refractivity contribution in [2.45, 2.75) is 20.7 Å². The minimum Gasteiger partial charge on any atom is -0.323 e. The standard InChI is InChI=1S/C47H38BN5S/c1-5-16-39-32(3)41(27-25-31(2)33-17-9-6-10-18-33)53(43(39)48-4)38-24-15-23-37(29-38)47-49-40-30-36(26-28-42(40)54-47)46-51-44(34-19-11-7-12-20-34)50-45(52-46)35-21-13-8-14-22-35/h5-30,48H,2H2,1,3-4H3/b16-5-,27-25-.